The molecule has 0 unspecified atom stereocenters. The molecule has 7 heteroatoms. The van der Waals surface area contributed by atoms with Crippen molar-refractivity contribution in [2.24, 2.45) is 0 Å². The number of hydrogen-bond donors (Lipinski definition) is 1. The van der Waals surface area contributed by atoms with Crippen LogP contribution in [0, 0.1) is 6.92 Å². The standard InChI is InChI=1S/C24H27N3O4/c1-16-9-4-5-10-18(16)15-27(17(2)22(29)25-3)21(28)13-8-14-26-23(30)19-11-6-7-12-20(19)24(26)31/h4-7,9-12,17H,8,13-15H2,1-3H3,(H,25,29)/t17-/m0/s1. The number of rotatable bonds is 8. The maximum absolute atomic E-state index is 13.0. The molecular formula is C24H27N3O4. The van der Waals surface area contributed by atoms with E-state index in [0.717, 1.165) is 11.1 Å². The molecular weight excluding hydrogens is 394 g/mol. The number of nitrogens with one attached hydrogen (secondary N) is 1. The molecule has 2 aromatic carbocycles. The smallest absolute Gasteiger partial charge is 0.261 e. The first-order valence-electron chi connectivity index (χ1n) is 10.4. The molecule has 1 heterocycles. The molecule has 0 aliphatic carbocycles. The van der Waals surface area contributed by atoms with Gasteiger partial charge in [-0.2, -0.15) is 0 Å². The lowest BCUT2D eigenvalue weighted by Gasteiger charge is -2.29. The van der Waals surface area contributed by atoms with Crippen molar-refractivity contribution in [2.45, 2.75) is 39.3 Å². The van der Waals surface area contributed by atoms with Gasteiger partial charge in [0.15, 0.2) is 0 Å². The Bertz CT molecular complexity index is 982. The number of carbonyl (C=O) groups excluding carboxylic acids is 4. The average molecular weight is 421 g/mol. The molecule has 0 bridgehead atoms. The average Bonchev–Trinajstić information content (AvgIpc) is 3.02. The molecule has 0 saturated carbocycles. The fourth-order valence-electron chi connectivity index (χ4n) is 3.74. The number of benzene rings is 2. The lowest BCUT2D eigenvalue weighted by atomic mass is 10.1. The lowest BCUT2D eigenvalue weighted by Crippen LogP contribution is -2.47. The summed E-state index contributed by atoms with van der Waals surface area (Å²) < 4.78 is 0. The first-order valence-corrected chi connectivity index (χ1v) is 10.4. The van der Waals surface area contributed by atoms with Crippen LogP contribution in [0.5, 0.6) is 0 Å². The van der Waals surface area contributed by atoms with Crippen LogP contribution in [0.25, 0.3) is 0 Å². The normalized spacial score (nSPS) is 13.7. The fourth-order valence-corrected chi connectivity index (χ4v) is 3.74. The van der Waals surface area contributed by atoms with Crippen molar-refractivity contribution < 1.29 is 19.2 Å². The van der Waals surface area contributed by atoms with E-state index in [1.54, 1.807) is 36.1 Å². The van der Waals surface area contributed by atoms with Gasteiger partial charge in [0, 0.05) is 26.6 Å². The zero-order valence-electron chi connectivity index (χ0n) is 18.1. The van der Waals surface area contributed by atoms with Gasteiger partial charge in [0.25, 0.3) is 11.8 Å². The Morgan fingerprint density at radius 1 is 1.00 bits per heavy atom. The highest BCUT2D eigenvalue weighted by molar-refractivity contribution is 6.21. The lowest BCUT2D eigenvalue weighted by molar-refractivity contribution is -0.140. The third kappa shape index (κ3) is 4.66. The third-order valence-electron chi connectivity index (χ3n) is 5.67. The molecule has 7 nitrogen and oxygen atoms in total. The third-order valence-corrected chi connectivity index (χ3v) is 5.67. The van der Waals surface area contributed by atoms with Gasteiger partial charge >= 0.3 is 0 Å². The summed E-state index contributed by atoms with van der Waals surface area (Å²) in [5.74, 6) is -1.11. The van der Waals surface area contributed by atoms with Gasteiger partial charge in [-0.15, -0.1) is 0 Å². The zero-order chi connectivity index (χ0) is 22.5. The predicted molar refractivity (Wildman–Crippen MR) is 116 cm³/mol. The molecule has 3 rings (SSSR count). The van der Waals surface area contributed by atoms with Crippen LogP contribution in [0.4, 0.5) is 0 Å². The molecule has 1 atom stereocenters. The molecule has 0 radical (unpaired) electrons. The summed E-state index contributed by atoms with van der Waals surface area (Å²) in [4.78, 5) is 53.0. The highest BCUT2D eigenvalue weighted by Gasteiger charge is 2.35. The second kappa shape index (κ2) is 9.55. The summed E-state index contributed by atoms with van der Waals surface area (Å²) in [6.07, 6.45) is 0.454. The Morgan fingerprint density at radius 2 is 1.58 bits per heavy atom. The number of aryl methyl sites for hydroxylation is 1. The number of fused-ring (bicyclic) bond motifs is 1. The Hall–Kier alpha value is -3.48. The zero-order valence-corrected chi connectivity index (χ0v) is 18.1. The van der Waals surface area contributed by atoms with E-state index < -0.39 is 6.04 Å². The van der Waals surface area contributed by atoms with Crippen molar-refractivity contribution in [3.05, 3.63) is 70.8 Å². The summed E-state index contributed by atoms with van der Waals surface area (Å²) in [7, 11) is 1.54. The minimum atomic E-state index is -0.642. The Kier molecular flexibility index (Phi) is 6.84. The second-order valence-corrected chi connectivity index (χ2v) is 7.65. The maximum atomic E-state index is 13.0. The highest BCUT2D eigenvalue weighted by atomic mass is 16.2. The van der Waals surface area contributed by atoms with Gasteiger partial charge in [0.1, 0.15) is 6.04 Å². The van der Waals surface area contributed by atoms with Crippen LogP contribution in [-0.2, 0) is 16.1 Å². The number of likely N-dealkylation sites (N-methyl/N-ethyl adjacent to an activating group) is 1. The fraction of sp³-hybridized carbons (Fsp3) is 0.333. The SMILES string of the molecule is CNC(=O)[C@H](C)N(Cc1ccccc1C)C(=O)CCCN1C(=O)c2ccccc2C1=O. The minimum absolute atomic E-state index is 0.126. The van der Waals surface area contributed by atoms with Crippen molar-refractivity contribution in [3.8, 4) is 0 Å². The summed E-state index contributed by atoms with van der Waals surface area (Å²) in [6.45, 7) is 4.13. The molecule has 2 aromatic rings. The molecule has 1 N–H and O–H groups in total. The molecule has 1 aliphatic rings. The van der Waals surface area contributed by atoms with Gasteiger partial charge in [0.2, 0.25) is 11.8 Å². The van der Waals surface area contributed by atoms with Crippen LogP contribution < -0.4 is 5.32 Å². The van der Waals surface area contributed by atoms with E-state index in [0.29, 0.717) is 24.1 Å². The number of hydrogen-bond acceptors (Lipinski definition) is 4. The largest absolute Gasteiger partial charge is 0.357 e. The van der Waals surface area contributed by atoms with Crippen molar-refractivity contribution >= 4 is 23.6 Å². The molecule has 0 spiro atoms. The Balaban J connectivity index is 1.67. The van der Waals surface area contributed by atoms with E-state index in [9.17, 15) is 19.2 Å². The minimum Gasteiger partial charge on any atom is -0.357 e. The van der Waals surface area contributed by atoms with Gasteiger partial charge in [-0.05, 0) is 43.5 Å². The summed E-state index contributed by atoms with van der Waals surface area (Å²) in [5, 5.41) is 2.59. The topological polar surface area (TPSA) is 86.8 Å². The summed E-state index contributed by atoms with van der Waals surface area (Å²) in [5.41, 5.74) is 2.80. The van der Waals surface area contributed by atoms with Crippen LogP contribution in [0.1, 0.15) is 51.6 Å². The van der Waals surface area contributed by atoms with Crippen molar-refractivity contribution in [2.75, 3.05) is 13.6 Å². The van der Waals surface area contributed by atoms with Gasteiger partial charge in [-0.3, -0.25) is 24.1 Å². The van der Waals surface area contributed by atoms with Crippen LogP contribution >= 0.6 is 0 Å². The molecule has 0 saturated heterocycles. The number of amides is 4. The predicted octanol–water partition coefficient (Wildman–Crippen LogP) is 2.53. The van der Waals surface area contributed by atoms with E-state index in [2.05, 4.69) is 5.32 Å². The Labute approximate surface area is 182 Å². The van der Waals surface area contributed by atoms with Crippen LogP contribution in [0.15, 0.2) is 48.5 Å². The van der Waals surface area contributed by atoms with E-state index in [4.69, 9.17) is 0 Å². The van der Waals surface area contributed by atoms with Gasteiger partial charge in [-0.25, -0.2) is 0 Å². The van der Waals surface area contributed by atoms with Crippen LogP contribution in [0.2, 0.25) is 0 Å². The highest BCUT2D eigenvalue weighted by Crippen LogP contribution is 2.23. The number of carbonyl (C=O) groups is 4. The summed E-state index contributed by atoms with van der Waals surface area (Å²) in [6, 6.07) is 13.8. The molecule has 4 amide bonds. The quantitative estimate of drug-likeness (QED) is 0.664. The van der Waals surface area contributed by atoms with Crippen molar-refractivity contribution in [1.82, 2.24) is 15.1 Å². The maximum Gasteiger partial charge on any atom is 0.261 e. The van der Waals surface area contributed by atoms with Crippen LogP contribution in [0.3, 0.4) is 0 Å². The molecule has 162 valence electrons. The van der Waals surface area contributed by atoms with E-state index in [1.807, 2.05) is 31.2 Å². The first-order chi connectivity index (χ1) is 14.8. The van der Waals surface area contributed by atoms with Gasteiger partial charge in [-0.1, -0.05) is 36.4 Å². The monoisotopic (exact) mass is 421 g/mol. The number of imide groups is 1. The van der Waals surface area contributed by atoms with E-state index >= 15 is 0 Å². The van der Waals surface area contributed by atoms with Crippen molar-refractivity contribution in [1.29, 1.82) is 0 Å². The Morgan fingerprint density at radius 3 is 2.16 bits per heavy atom. The van der Waals surface area contributed by atoms with E-state index in [-0.39, 0.29) is 36.6 Å². The molecule has 0 fully saturated rings. The molecule has 1 aliphatic heterocycles. The van der Waals surface area contributed by atoms with Gasteiger partial charge in [0.05, 0.1) is 11.1 Å². The molecule has 31 heavy (non-hydrogen) atoms. The molecule has 0 aromatic heterocycles. The van der Waals surface area contributed by atoms with E-state index in [1.165, 1.54) is 11.9 Å². The van der Waals surface area contributed by atoms with Crippen LogP contribution in [-0.4, -0.2) is 53.1 Å². The number of nitrogens with zero attached hydrogens (tertiary/aromatic N) is 2. The van der Waals surface area contributed by atoms with Crippen molar-refractivity contribution in [3.63, 3.8) is 0 Å². The van der Waals surface area contributed by atoms with Gasteiger partial charge < -0.3 is 10.2 Å². The summed E-state index contributed by atoms with van der Waals surface area (Å²) >= 11 is 0. The first kappa shape index (κ1) is 22.2. The second-order valence-electron chi connectivity index (χ2n) is 7.65.